The van der Waals surface area contributed by atoms with Gasteiger partial charge in [-0.05, 0) is 18.6 Å². The molecule has 16 heavy (non-hydrogen) atoms. The van der Waals surface area contributed by atoms with Crippen LogP contribution in [0.2, 0.25) is 0 Å². The summed E-state index contributed by atoms with van der Waals surface area (Å²) in [7, 11) is 1.76. The van der Waals surface area contributed by atoms with Crippen molar-refractivity contribution in [1.82, 2.24) is 15.5 Å². The van der Waals surface area contributed by atoms with Crippen molar-refractivity contribution in [2.45, 2.75) is 26.2 Å². The second-order valence-electron chi connectivity index (χ2n) is 3.52. The van der Waals surface area contributed by atoms with E-state index in [1.54, 1.807) is 19.2 Å². The fraction of sp³-hybridized carbons (Fsp3) is 0.545. The molecule has 0 radical (unpaired) electrons. The van der Waals surface area contributed by atoms with Crippen LogP contribution >= 0.6 is 0 Å². The van der Waals surface area contributed by atoms with Crippen LogP contribution < -0.4 is 10.6 Å². The molecule has 0 aliphatic heterocycles. The maximum atomic E-state index is 11.6. The Labute approximate surface area is 95.7 Å². The smallest absolute Gasteiger partial charge is 0.271 e. The van der Waals surface area contributed by atoms with E-state index in [0.29, 0.717) is 18.1 Å². The lowest BCUT2D eigenvalue weighted by molar-refractivity contribution is 0.0947. The lowest BCUT2D eigenvalue weighted by Gasteiger charge is -2.04. The Morgan fingerprint density at radius 3 is 2.69 bits per heavy atom. The lowest BCUT2D eigenvalue weighted by atomic mass is 10.2. The Morgan fingerprint density at radius 1 is 1.31 bits per heavy atom. The van der Waals surface area contributed by atoms with E-state index >= 15 is 0 Å². The molecule has 0 bridgehead atoms. The molecule has 1 rings (SSSR count). The van der Waals surface area contributed by atoms with E-state index in [-0.39, 0.29) is 5.91 Å². The van der Waals surface area contributed by atoms with E-state index in [1.165, 1.54) is 0 Å². The minimum absolute atomic E-state index is 0.161. The molecule has 1 heterocycles. The molecule has 5 heteroatoms. The first-order valence-electron chi connectivity index (χ1n) is 5.57. The third-order valence-electron chi connectivity index (χ3n) is 2.22. The molecule has 2 N–H and O–H groups in total. The molecule has 5 nitrogen and oxygen atoms in total. The van der Waals surface area contributed by atoms with E-state index in [9.17, 15) is 4.79 Å². The summed E-state index contributed by atoms with van der Waals surface area (Å²) in [6.45, 7) is 2.83. The molecule has 1 amide bonds. The molecular formula is C11H18N4O. The number of rotatable bonds is 6. The molecule has 0 spiro atoms. The monoisotopic (exact) mass is 222 g/mol. The fourth-order valence-corrected chi connectivity index (χ4v) is 1.25. The molecular weight excluding hydrogens is 204 g/mol. The van der Waals surface area contributed by atoms with Gasteiger partial charge in [0.2, 0.25) is 0 Å². The van der Waals surface area contributed by atoms with Gasteiger partial charge >= 0.3 is 0 Å². The van der Waals surface area contributed by atoms with Crippen molar-refractivity contribution < 1.29 is 4.79 Å². The number of hydrogen-bond acceptors (Lipinski definition) is 4. The largest absolute Gasteiger partial charge is 0.372 e. The van der Waals surface area contributed by atoms with Crippen molar-refractivity contribution in [3.05, 3.63) is 17.8 Å². The number of unbranched alkanes of at least 4 members (excludes halogenated alkanes) is 2. The summed E-state index contributed by atoms with van der Waals surface area (Å²) in [5, 5.41) is 13.3. The highest BCUT2D eigenvalue weighted by atomic mass is 16.1. The highest BCUT2D eigenvalue weighted by Gasteiger charge is 2.06. The number of amides is 1. The minimum atomic E-state index is -0.161. The van der Waals surface area contributed by atoms with Crippen LogP contribution in [0.4, 0.5) is 5.82 Å². The fourth-order valence-electron chi connectivity index (χ4n) is 1.25. The number of carbonyl (C=O) groups is 1. The topological polar surface area (TPSA) is 66.9 Å². The highest BCUT2D eigenvalue weighted by molar-refractivity contribution is 5.92. The van der Waals surface area contributed by atoms with Crippen LogP contribution in [0.25, 0.3) is 0 Å². The molecule has 1 aromatic rings. The first-order valence-corrected chi connectivity index (χ1v) is 5.57. The van der Waals surface area contributed by atoms with Gasteiger partial charge in [-0.1, -0.05) is 19.8 Å². The average Bonchev–Trinajstić information content (AvgIpc) is 2.34. The predicted molar refractivity (Wildman–Crippen MR) is 63.4 cm³/mol. The zero-order valence-corrected chi connectivity index (χ0v) is 9.79. The molecule has 0 atom stereocenters. The average molecular weight is 222 g/mol. The zero-order chi connectivity index (χ0) is 11.8. The number of nitrogens with zero attached hydrogens (tertiary/aromatic N) is 2. The van der Waals surface area contributed by atoms with Gasteiger partial charge in [-0.25, -0.2) is 0 Å². The van der Waals surface area contributed by atoms with Crippen LogP contribution in [0.15, 0.2) is 12.1 Å². The molecule has 0 fully saturated rings. The van der Waals surface area contributed by atoms with E-state index in [0.717, 1.165) is 19.3 Å². The zero-order valence-electron chi connectivity index (χ0n) is 9.79. The van der Waals surface area contributed by atoms with Crippen molar-refractivity contribution >= 4 is 11.7 Å². The normalized spacial score (nSPS) is 9.88. The van der Waals surface area contributed by atoms with Gasteiger partial charge in [-0.2, -0.15) is 0 Å². The van der Waals surface area contributed by atoms with Crippen LogP contribution in [0, 0.1) is 0 Å². The SMILES string of the molecule is CCCCCNC(=O)c1ccc(NC)nn1. The van der Waals surface area contributed by atoms with Crippen molar-refractivity contribution in [1.29, 1.82) is 0 Å². The van der Waals surface area contributed by atoms with Crippen LogP contribution in [-0.2, 0) is 0 Å². The van der Waals surface area contributed by atoms with E-state index in [2.05, 4.69) is 27.8 Å². The molecule has 0 saturated heterocycles. The molecule has 0 aromatic carbocycles. The maximum absolute atomic E-state index is 11.6. The minimum Gasteiger partial charge on any atom is -0.372 e. The summed E-state index contributed by atoms with van der Waals surface area (Å²) >= 11 is 0. The maximum Gasteiger partial charge on any atom is 0.271 e. The van der Waals surface area contributed by atoms with Gasteiger partial charge in [0.25, 0.3) is 5.91 Å². The predicted octanol–water partition coefficient (Wildman–Crippen LogP) is 1.44. The summed E-state index contributed by atoms with van der Waals surface area (Å²) in [6.07, 6.45) is 3.28. The number of anilines is 1. The van der Waals surface area contributed by atoms with Crippen LogP contribution in [0.1, 0.15) is 36.7 Å². The van der Waals surface area contributed by atoms with Gasteiger partial charge in [-0.15, -0.1) is 10.2 Å². The Kier molecular flexibility index (Phi) is 5.25. The molecule has 1 aromatic heterocycles. The Hall–Kier alpha value is -1.65. The summed E-state index contributed by atoms with van der Waals surface area (Å²) < 4.78 is 0. The molecule has 0 aliphatic carbocycles. The summed E-state index contributed by atoms with van der Waals surface area (Å²) in [5.74, 6) is 0.494. The second-order valence-corrected chi connectivity index (χ2v) is 3.52. The van der Waals surface area contributed by atoms with E-state index < -0.39 is 0 Å². The Morgan fingerprint density at radius 2 is 2.12 bits per heavy atom. The number of carbonyl (C=O) groups excluding carboxylic acids is 1. The van der Waals surface area contributed by atoms with Crippen molar-refractivity contribution in [2.24, 2.45) is 0 Å². The number of nitrogens with one attached hydrogen (secondary N) is 2. The lowest BCUT2D eigenvalue weighted by Crippen LogP contribution is -2.25. The van der Waals surface area contributed by atoms with Gasteiger partial charge in [0.1, 0.15) is 5.82 Å². The summed E-state index contributed by atoms with van der Waals surface area (Å²) in [5.41, 5.74) is 0.357. The molecule has 88 valence electrons. The van der Waals surface area contributed by atoms with Gasteiger partial charge < -0.3 is 10.6 Å². The number of aromatic nitrogens is 2. The second kappa shape index (κ2) is 6.76. The van der Waals surface area contributed by atoms with Gasteiger partial charge in [0, 0.05) is 13.6 Å². The standard InChI is InChI=1S/C11H18N4O/c1-3-4-5-8-13-11(16)9-6-7-10(12-2)15-14-9/h6-7H,3-5,8H2,1-2H3,(H,12,15)(H,13,16). The third kappa shape index (κ3) is 3.84. The van der Waals surface area contributed by atoms with Gasteiger partial charge in [0.15, 0.2) is 5.69 Å². The van der Waals surface area contributed by atoms with Crippen molar-refractivity contribution in [3.63, 3.8) is 0 Å². The molecule has 0 unspecified atom stereocenters. The molecule has 0 aliphatic rings. The Balaban J connectivity index is 2.40. The van der Waals surface area contributed by atoms with Crippen LogP contribution in [0.3, 0.4) is 0 Å². The highest BCUT2D eigenvalue weighted by Crippen LogP contribution is 2.00. The first-order chi connectivity index (χ1) is 7.77. The summed E-state index contributed by atoms with van der Waals surface area (Å²) in [4.78, 5) is 11.6. The van der Waals surface area contributed by atoms with Crippen molar-refractivity contribution in [2.75, 3.05) is 18.9 Å². The van der Waals surface area contributed by atoms with Crippen molar-refractivity contribution in [3.8, 4) is 0 Å². The quantitative estimate of drug-likeness (QED) is 0.715. The first kappa shape index (κ1) is 12.4. The van der Waals surface area contributed by atoms with Gasteiger partial charge in [0.05, 0.1) is 0 Å². The third-order valence-corrected chi connectivity index (χ3v) is 2.22. The Bertz CT molecular complexity index is 323. The van der Waals surface area contributed by atoms with E-state index in [1.807, 2.05) is 0 Å². The van der Waals surface area contributed by atoms with Crippen LogP contribution in [-0.4, -0.2) is 29.7 Å². The van der Waals surface area contributed by atoms with Gasteiger partial charge in [-0.3, -0.25) is 4.79 Å². The van der Waals surface area contributed by atoms with E-state index in [4.69, 9.17) is 0 Å². The number of hydrogen-bond donors (Lipinski definition) is 2. The molecule has 0 saturated carbocycles. The van der Waals surface area contributed by atoms with Crippen LogP contribution in [0.5, 0.6) is 0 Å². The summed E-state index contributed by atoms with van der Waals surface area (Å²) in [6, 6.07) is 3.39.